The molecule has 10 heteroatoms. The quantitative estimate of drug-likeness (QED) is 0.325. The van der Waals surface area contributed by atoms with Crippen LogP contribution in [0.5, 0.6) is 0 Å². The van der Waals surface area contributed by atoms with E-state index in [0.717, 1.165) is 6.92 Å². The van der Waals surface area contributed by atoms with Crippen LogP contribution >= 0.6 is 0 Å². The molecule has 0 saturated heterocycles. The SMILES string of the molecule is CC(=O)C(N=Nc1ccc(C)cc1[N+](=O)[O-])C(=O)Nc1ccc(C(N)=O)cc1. The van der Waals surface area contributed by atoms with Gasteiger partial charge in [0.2, 0.25) is 11.9 Å². The van der Waals surface area contributed by atoms with E-state index in [2.05, 4.69) is 15.5 Å². The number of aryl methyl sites for hydroxylation is 1. The van der Waals surface area contributed by atoms with E-state index >= 15 is 0 Å². The minimum atomic E-state index is -1.49. The number of amides is 2. The van der Waals surface area contributed by atoms with Gasteiger partial charge in [-0.1, -0.05) is 6.07 Å². The second-order valence-corrected chi connectivity index (χ2v) is 5.91. The Morgan fingerprint density at radius 1 is 1.14 bits per heavy atom. The molecule has 0 radical (unpaired) electrons. The molecule has 2 rings (SSSR count). The number of primary amides is 1. The summed E-state index contributed by atoms with van der Waals surface area (Å²) in [6, 6.07) is 8.53. The summed E-state index contributed by atoms with van der Waals surface area (Å²) in [5, 5.41) is 21.0. The average molecular weight is 383 g/mol. The van der Waals surface area contributed by atoms with Gasteiger partial charge < -0.3 is 11.1 Å². The van der Waals surface area contributed by atoms with Gasteiger partial charge in [0.15, 0.2) is 11.5 Å². The largest absolute Gasteiger partial charge is 0.366 e. The van der Waals surface area contributed by atoms with Crippen molar-refractivity contribution >= 4 is 34.7 Å². The lowest BCUT2D eigenvalue weighted by atomic mass is 10.1. The van der Waals surface area contributed by atoms with E-state index in [1.807, 2.05) is 0 Å². The molecule has 10 nitrogen and oxygen atoms in total. The van der Waals surface area contributed by atoms with Crippen molar-refractivity contribution in [1.29, 1.82) is 0 Å². The molecular weight excluding hydrogens is 366 g/mol. The lowest BCUT2D eigenvalue weighted by Gasteiger charge is -2.09. The first-order valence-electron chi connectivity index (χ1n) is 8.06. The Hall–Kier alpha value is -3.95. The number of hydrogen-bond acceptors (Lipinski definition) is 7. The molecule has 0 aliphatic heterocycles. The summed E-state index contributed by atoms with van der Waals surface area (Å²) in [6.45, 7) is 2.84. The zero-order valence-electron chi connectivity index (χ0n) is 15.1. The van der Waals surface area contributed by atoms with Crippen LogP contribution in [0.1, 0.15) is 22.8 Å². The molecule has 1 atom stereocenters. The fourth-order valence-corrected chi connectivity index (χ4v) is 2.23. The molecule has 0 spiro atoms. The van der Waals surface area contributed by atoms with Crippen LogP contribution in [-0.2, 0) is 9.59 Å². The molecule has 1 unspecified atom stereocenters. The monoisotopic (exact) mass is 383 g/mol. The molecule has 0 fully saturated rings. The molecule has 0 aliphatic rings. The van der Waals surface area contributed by atoms with Crippen LogP contribution in [-0.4, -0.2) is 28.6 Å². The number of ketones is 1. The fourth-order valence-electron chi connectivity index (χ4n) is 2.23. The third kappa shape index (κ3) is 5.04. The van der Waals surface area contributed by atoms with Gasteiger partial charge in [-0.15, -0.1) is 5.11 Å². The summed E-state index contributed by atoms with van der Waals surface area (Å²) in [4.78, 5) is 45.7. The molecule has 2 aromatic carbocycles. The zero-order valence-corrected chi connectivity index (χ0v) is 15.1. The van der Waals surface area contributed by atoms with Crippen molar-refractivity contribution in [2.24, 2.45) is 16.0 Å². The van der Waals surface area contributed by atoms with E-state index in [-0.39, 0.29) is 16.9 Å². The van der Waals surface area contributed by atoms with E-state index in [0.29, 0.717) is 11.3 Å². The molecule has 2 aromatic rings. The summed E-state index contributed by atoms with van der Waals surface area (Å²) in [7, 11) is 0. The molecule has 28 heavy (non-hydrogen) atoms. The van der Waals surface area contributed by atoms with Crippen LogP contribution in [0.25, 0.3) is 0 Å². The normalized spacial score (nSPS) is 11.8. The summed E-state index contributed by atoms with van der Waals surface area (Å²) < 4.78 is 0. The third-order valence-corrected chi connectivity index (χ3v) is 3.68. The Balaban J connectivity index is 2.22. The molecular formula is C18H17N5O5. The molecule has 0 aromatic heterocycles. The smallest absolute Gasteiger partial charge is 0.296 e. The van der Waals surface area contributed by atoms with Crippen molar-refractivity contribution in [2.45, 2.75) is 19.9 Å². The first-order valence-corrected chi connectivity index (χ1v) is 8.06. The van der Waals surface area contributed by atoms with Crippen molar-refractivity contribution in [3.63, 3.8) is 0 Å². The van der Waals surface area contributed by atoms with E-state index in [1.165, 1.54) is 36.4 Å². The third-order valence-electron chi connectivity index (χ3n) is 3.68. The van der Waals surface area contributed by atoms with Gasteiger partial charge in [-0.05, 0) is 49.7 Å². The highest BCUT2D eigenvalue weighted by Gasteiger charge is 2.24. The predicted molar refractivity (Wildman–Crippen MR) is 100 cm³/mol. The Kier molecular flexibility index (Phi) is 6.27. The van der Waals surface area contributed by atoms with E-state index in [9.17, 15) is 24.5 Å². The maximum atomic E-state index is 12.4. The number of benzene rings is 2. The molecule has 0 saturated carbocycles. The van der Waals surface area contributed by atoms with Crippen LogP contribution in [0.4, 0.5) is 17.1 Å². The molecule has 2 amide bonds. The van der Waals surface area contributed by atoms with Crippen molar-refractivity contribution in [1.82, 2.24) is 0 Å². The molecule has 0 aliphatic carbocycles. The molecule has 0 bridgehead atoms. The lowest BCUT2D eigenvalue weighted by Crippen LogP contribution is -2.31. The highest BCUT2D eigenvalue weighted by molar-refractivity contribution is 6.10. The van der Waals surface area contributed by atoms with Gasteiger partial charge in [-0.25, -0.2) is 0 Å². The van der Waals surface area contributed by atoms with Gasteiger partial charge in [-0.3, -0.25) is 24.5 Å². The lowest BCUT2D eigenvalue weighted by molar-refractivity contribution is -0.384. The van der Waals surface area contributed by atoms with Crippen LogP contribution in [0, 0.1) is 17.0 Å². The zero-order chi connectivity index (χ0) is 20.8. The Morgan fingerprint density at radius 2 is 1.79 bits per heavy atom. The van der Waals surface area contributed by atoms with Crippen molar-refractivity contribution in [3.8, 4) is 0 Å². The first kappa shape index (κ1) is 20.4. The number of nitrogens with one attached hydrogen (secondary N) is 1. The van der Waals surface area contributed by atoms with Crippen LogP contribution in [0.2, 0.25) is 0 Å². The standard InChI is InChI=1S/C18H17N5O5/c1-10-3-8-14(15(9-10)23(27)28)21-22-16(11(2)24)18(26)20-13-6-4-12(5-7-13)17(19)25/h3-9,16H,1-2H3,(H2,19,25)(H,20,26). The van der Waals surface area contributed by atoms with Crippen molar-refractivity contribution in [2.75, 3.05) is 5.32 Å². The van der Waals surface area contributed by atoms with Gasteiger partial charge in [0, 0.05) is 17.3 Å². The van der Waals surface area contributed by atoms with Gasteiger partial charge >= 0.3 is 0 Å². The minimum Gasteiger partial charge on any atom is -0.366 e. The van der Waals surface area contributed by atoms with Crippen molar-refractivity contribution in [3.05, 3.63) is 63.7 Å². The van der Waals surface area contributed by atoms with Gasteiger partial charge in [-0.2, -0.15) is 5.11 Å². The number of carbonyl (C=O) groups is 3. The van der Waals surface area contributed by atoms with Gasteiger partial charge in [0.05, 0.1) is 4.92 Å². The summed E-state index contributed by atoms with van der Waals surface area (Å²) in [5.74, 6) is -1.98. The Bertz CT molecular complexity index is 969. The second-order valence-electron chi connectivity index (χ2n) is 5.91. The first-order chi connectivity index (χ1) is 13.2. The topological polar surface area (TPSA) is 157 Å². The number of azo groups is 1. The number of nitro groups is 1. The predicted octanol–water partition coefficient (Wildman–Crippen LogP) is 2.68. The number of anilines is 1. The highest BCUT2D eigenvalue weighted by Crippen LogP contribution is 2.28. The fraction of sp³-hybridized carbons (Fsp3) is 0.167. The Morgan fingerprint density at radius 3 is 2.32 bits per heavy atom. The number of carbonyl (C=O) groups excluding carboxylic acids is 3. The van der Waals surface area contributed by atoms with Crippen LogP contribution in [0.15, 0.2) is 52.7 Å². The summed E-state index contributed by atoms with van der Waals surface area (Å²) >= 11 is 0. The molecule has 3 N–H and O–H groups in total. The second kappa shape index (κ2) is 8.62. The highest BCUT2D eigenvalue weighted by atomic mass is 16.6. The van der Waals surface area contributed by atoms with Crippen molar-refractivity contribution < 1.29 is 19.3 Å². The number of rotatable bonds is 7. The molecule has 0 heterocycles. The van der Waals surface area contributed by atoms with Gasteiger partial charge in [0.25, 0.3) is 11.6 Å². The average Bonchev–Trinajstić information content (AvgIpc) is 2.62. The van der Waals surface area contributed by atoms with E-state index in [1.54, 1.807) is 13.0 Å². The summed E-state index contributed by atoms with van der Waals surface area (Å²) in [5.41, 5.74) is 6.02. The van der Waals surface area contributed by atoms with E-state index in [4.69, 9.17) is 5.73 Å². The Labute approximate surface area is 159 Å². The molecule has 144 valence electrons. The number of hydrogen-bond donors (Lipinski definition) is 2. The van der Waals surface area contributed by atoms with Gasteiger partial charge in [0.1, 0.15) is 0 Å². The number of nitrogens with two attached hydrogens (primary N) is 1. The maximum absolute atomic E-state index is 12.4. The number of nitro benzene ring substituents is 1. The van der Waals surface area contributed by atoms with Crippen LogP contribution < -0.4 is 11.1 Å². The van der Waals surface area contributed by atoms with Crippen LogP contribution in [0.3, 0.4) is 0 Å². The van der Waals surface area contributed by atoms with E-state index < -0.39 is 28.6 Å². The number of nitrogens with zero attached hydrogens (tertiary/aromatic N) is 3. The minimum absolute atomic E-state index is 0.0690. The number of Topliss-reactive ketones (excluding diaryl/α,β-unsaturated/α-hetero) is 1. The summed E-state index contributed by atoms with van der Waals surface area (Å²) in [6.07, 6.45) is 0. The maximum Gasteiger partial charge on any atom is 0.296 e.